The lowest BCUT2D eigenvalue weighted by atomic mass is 10.2. The molecule has 0 aromatic heterocycles. The largest absolute Gasteiger partial charge is 0.323 e. The molecule has 1 N–H and O–H groups in total. The van der Waals surface area contributed by atoms with Gasteiger partial charge in [0.25, 0.3) is 0 Å². The van der Waals surface area contributed by atoms with Crippen molar-refractivity contribution in [3.63, 3.8) is 0 Å². The molecule has 1 aromatic carbocycles. The van der Waals surface area contributed by atoms with E-state index in [4.69, 9.17) is 0 Å². The van der Waals surface area contributed by atoms with Crippen molar-refractivity contribution in [1.29, 1.82) is 0 Å². The maximum Gasteiger partial charge on any atom is 0.244 e. The van der Waals surface area contributed by atoms with Gasteiger partial charge < -0.3 is 5.32 Å². The number of fused-ring (bicyclic) bond motifs is 1. The van der Waals surface area contributed by atoms with Crippen LogP contribution in [0.25, 0.3) is 0 Å². The molecule has 5 heteroatoms. The van der Waals surface area contributed by atoms with Gasteiger partial charge in [0.2, 0.25) is 11.8 Å². The van der Waals surface area contributed by atoms with Crippen molar-refractivity contribution in [2.24, 2.45) is 0 Å². The van der Waals surface area contributed by atoms with E-state index in [1.807, 2.05) is 31.2 Å². The number of amides is 2. The Bertz CT molecular complexity index is 555. The predicted octanol–water partition coefficient (Wildman–Crippen LogP) is 3.04. The number of anilines is 2. The van der Waals surface area contributed by atoms with Crippen molar-refractivity contribution in [1.82, 2.24) is 0 Å². The van der Waals surface area contributed by atoms with Crippen LogP contribution in [0.4, 0.5) is 11.4 Å². The lowest BCUT2D eigenvalue weighted by Crippen LogP contribution is -2.45. The van der Waals surface area contributed by atoms with E-state index in [0.29, 0.717) is 5.25 Å². The topological polar surface area (TPSA) is 49.4 Å². The second-order valence-electron chi connectivity index (χ2n) is 5.67. The van der Waals surface area contributed by atoms with Crippen LogP contribution in [0.15, 0.2) is 24.3 Å². The van der Waals surface area contributed by atoms with Crippen LogP contribution in [0.2, 0.25) is 0 Å². The Labute approximate surface area is 129 Å². The van der Waals surface area contributed by atoms with Gasteiger partial charge in [0.15, 0.2) is 0 Å². The first-order chi connectivity index (χ1) is 10.1. The number of thioether (sulfide) groups is 1. The minimum absolute atomic E-state index is 0.0363. The van der Waals surface area contributed by atoms with E-state index in [2.05, 4.69) is 5.32 Å². The Kier molecular flexibility index (Phi) is 4.19. The van der Waals surface area contributed by atoms with E-state index in [1.54, 1.807) is 16.7 Å². The maximum absolute atomic E-state index is 12.7. The summed E-state index contributed by atoms with van der Waals surface area (Å²) in [6, 6.07) is 7.48. The summed E-state index contributed by atoms with van der Waals surface area (Å²) < 4.78 is 0. The first-order valence-electron chi connectivity index (χ1n) is 7.51. The van der Waals surface area contributed by atoms with Crippen LogP contribution in [0.3, 0.4) is 0 Å². The summed E-state index contributed by atoms with van der Waals surface area (Å²) in [5.74, 6) is -0.0886. The van der Waals surface area contributed by atoms with Crippen LogP contribution in [0, 0.1) is 0 Å². The normalized spacial score (nSPS) is 20.0. The molecule has 1 aliphatic carbocycles. The number of nitrogens with one attached hydrogen (secondary N) is 1. The van der Waals surface area contributed by atoms with Crippen LogP contribution in [0.1, 0.15) is 32.6 Å². The third-order valence-electron chi connectivity index (χ3n) is 4.08. The number of benzene rings is 1. The van der Waals surface area contributed by atoms with Crippen molar-refractivity contribution >= 4 is 35.0 Å². The molecule has 1 heterocycles. The zero-order valence-electron chi connectivity index (χ0n) is 12.2. The van der Waals surface area contributed by atoms with E-state index in [0.717, 1.165) is 11.4 Å². The van der Waals surface area contributed by atoms with Crippen LogP contribution in [-0.4, -0.2) is 28.9 Å². The van der Waals surface area contributed by atoms with Crippen molar-refractivity contribution in [2.75, 3.05) is 16.8 Å². The molecule has 1 aliphatic heterocycles. The second-order valence-corrected chi connectivity index (χ2v) is 7.32. The highest BCUT2D eigenvalue weighted by molar-refractivity contribution is 8.01. The molecule has 0 radical (unpaired) electrons. The van der Waals surface area contributed by atoms with E-state index in [9.17, 15) is 9.59 Å². The zero-order valence-corrected chi connectivity index (χ0v) is 13.0. The van der Waals surface area contributed by atoms with Crippen molar-refractivity contribution in [3.05, 3.63) is 24.3 Å². The third-order valence-corrected chi connectivity index (χ3v) is 5.55. The highest BCUT2D eigenvalue weighted by Gasteiger charge is 2.31. The first-order valence-corrected chi connectivity index (χ1v) is 8.45. The fourth-order valence-corrected chi connectivity index (χ4v) is 4.45. The minimum atomic E-state index is -0.125. The van der Waals surface area contributed by atoms with E-state index >= 15 is 0 Å². The second kappa shape index (κ2) is 6.10. The molecule has 1 aromatic rings. The van der Waals surface area contributed by atoms with Gasteiger partial charge in [0.1, 0.15) is 6.54 Å². The molecule has 112 valence electrons. The molecular formula is C16H20N2O2S. The molecular weight excluding hydrogens is 284 g/mol. The van der Waals surface area contributed by atoms with E-state index < -0.39 is 0 Å². The number of para-hydroxylation sites is 2. The average molecular weight is 304 g/mol. The highest BCUT2D eigenvalue weighted by Crippen LogP contribution is 2.35. The molecule has 2 amide bonds. The Hall–Kier alpha value is -1.49. The molecule has 4 nitrogen and oxygen atoms in total. The molecule has 3 rings (SSSR count). The summed E-state index contributed by atoms with van der Waals surface area (Å²) in [5, 5.41) is 3.31. The third kappa shape index (κ3) is 3.07. The number of carbonyl (C=O) groups is 2. The summed E-state index contributed by atoms with van der Waals surface area (Å²) in [6.45, 7) is 2.08. The van der Waals surface area contributed by atoms with Crippen molar-refractivity contribution in [3.8, 4) is 0 Å². The van der Waals surface area contributed by atoms with Gasteiger partial charge >= 0.3 is 0 Å². The van der Waals surface area contributed by atoms with Crippen LogP contribution in [0.5, 0.6) is 0 Å². The van der Waals surface area contributed by atoms with Crippen LogP contribution < -0.4 is 10.2 Å². The summed E-state index contributed by atoms with van der Waals surface area (Å²) in [4.78, 5) is 26.1. The molecule has 0 bridgehead atoms. The zero-order chi connectivity index (χ0) is 14.8. The molecule has 0 spiro atoms. The summed E-state index contributed by atoms with van der Waals surface area (Å²) in [6.07, 6.45) is 4.96. The SMILES string of the molecule is C[C@@H](SC1CCCC1)C(=O)N1CC(=O)Nc2ccccc21. The summed E-state index contributed by atoms with van der Waals surface area (Å²) in [5.41, 5.74) is 1.53. The lowest BCUT2D eigenvalue weighted by molar-refractivity contribution is -0.121. The quantitative estimate of drug-likeness (QED) is 0.934. The maximum atomic E-state index is 12.7. The standard InChI is InChI=1S/C16H20N2O2S/c1-11(21-12-6-2-3-7-12)16(20)18-10-15(19)17-13-8-4-5-9-14(13)18/h4-5,8-9,11-12H,2-3,6-7,10H2,1H3,(H,17,19)/t11-/m1/s1. The van der Waals surface area contributed by atoms with Gasteiger partial charge in [0.05, 0.1) is 16.6 Å². The average Bonchev–Trinajstić information content (AvgIpc) is 2.98. The fraction of sp³-hybridized carbons (Fsp3) is 0.500. The summed E-state index contributed by atoms with van der Waals surface area (Å²) in [7, 11) is 0. The fourth-order valence-electron chi connectivity index (χ4n) is 3.02. The number of nitrogens with zero attached hydrogens (tertiary/aromatic N) is 1. The van der Waals surface area contributed by atoms with E-state index in [1.165, 1.54) is 25.7 Å². The predicted molar refractivity (Wildman–Crippen MR) is 86.7 cm³/mol. The van der Waals surface area contributed by atoms with Gasteiger partial charge in [-0.2, -0.15) is 0 Å². The number of hydrogen-bond donors (Lipinski definition) is 1. The van der Waals surface area contributed by atoms with Crippen LogP contribution >= 0.6 is 11.8 Å². The first kappa shape index (κ1) is 14.4. The number of carbonyl (C=O) groups excluding carboxylic acids is 2. The van der Waals surface area contributed by atoms with Crippen molar-refractivity contribution < 1.29 is 9.59 Å². The molecule has 2 aliphatic rings. The molecule has 0 unspecified atom stereocenters. The Balaban J connectivity index is 1.76. The van der Waals surface area contributed by atoms with Gasteiger partial charge in [-0.25, -0.2) is 0 Å². The van der Waals surface area contributed by atoms with Gasteiger partial charge in [0, 0.05) is 5.25 Å². The van der Waals surface area contributed by atoms with Gasteiger partial charge in [-0.15, -0.1) is 11.8 Å². The van der Waals surface area contributed by atoms with Crippen molar-refractivity contribution in [2.45, 2.75) is 43.1 Å². The smallest absolute Gasteiger partial charge is 0.244 e. The Morgan fingerprint density at radius 3 is 2.81 bits per heavy atom. The monoisotopic (exact) mass is 304 g/mol. The molecule has 1 fully saturated rings. The number of rotatable bonds is 3. The highest BCUT2D eigenvalue weighted by atomic mass is 32.2. The van der Waals surface area contributed by atoms with Gasteiger partial charge in [-0.1, -0.05) is 25.0 Å². The van der Waals surface area contributed by atoms with Gasteiger partial charge in [-0.3, -0.25) is 14.5 Å². The Morgan fingerprint density at radius 1 is 1.33 bits per heavy atom. The van der Waals surface area contributed by atoms with E-state index in [-0.39, 0.29) is 23.6 Å². The number of hydrogen-bond acceptors (Lipinski definition) is 3. The molecule has 1 saturated carbocycles. The lowest BCUT2D eigenvalue weighted by Gasteiger charge is -2.31. The molecule has 1 atom stereocenters. The van der Waals surface area contributed by atoms with Crippen LogP contribution in [-0.2, 0) is 9.59 Å². The Morgan fingerprint density at radius 2 is 2.05 bits per heavy atom. The molecule has 0 saturated heterocycles. The molecule has 21 heavy (non-hydrogen) atoms. The summed E-state index contributed by atoms with van der Waals surface area (Å²) >= 11 is 1.76. The van der Waals surface area contributed by atoms with Gasteiger partial charge in [-0.05, 0) is 31.9 Å². The minimum Gasteiger partial charge on any atom is -0.323 e.